The van der Waals surface area contributed by atoms with Crippen molar-refractivity contribution in [3.05, 3.63) is 94.8 Å². The molecular formula is C27H26ClN3O4. The Morgan fingerprint density at radius 2 is 1.80 bits per heavy atom. The number of allylic oxidation sites excluding steroid dienone is 2. The number of carbonyl (C=O) groups is 2. The van der Waals surface area contributed by atoms with E-state index in [-0.39, 0.29) is 5.56 Å². The summed E-state index contributed by atoms with van der Waals surface area (Å²) in [5.74, 6) is -0.934. The van der Waals surface area contributed by atoms with Gasteiger partial charge in [-0.2, -0.15) is 4.99 Å². The van der Waals surface area contributed by atoms with Crippen LogP contribution in [0.1, 0.15) is 30.1 Å². The van der Waals surface area contributed by atoms with Crippen LogP contribution in [0.3, 0.4) is 0 Å². The van der Waals surface area contributed by atoms with E-state index in [9.17, 15) is 9.59 Å². The fourth-order valence-corrected chi connectivity index (χ4v) is 3.47. The third kappa shape index (κ3) is 7.19. The third-order valence-corrected chi connectivity index (χ3v) is 5.30. The molecule has 0 unspecified atom stereocenters. The van der Waals surface area contributed by atoms with Crippen molar-refractivity contribution in [2.75, 3.05) is 12.3 Å². The highest BCUT2D eigenvalue weighted by Crippen LogP contribution is 2.27. The van der Waals surface area contributed by atoms with E-state index in [0.717, 1.165) is 34.6 Å². The zero-order chi connectivity index (χ0) is 25.2. The maximum absolute atomic E-state index is 11.9. The summed E-state index contributed by atoms with van der Waals surface area (Å²) in [7, 11) is 0. The zero-order valence-corrected chi connectivity index (χ0v) is 20.0. The molecular weight excluding hydrogens is 466 g/mol. The molecule has 0 fully saturated rings. The molecule has 0 radical (unpaired) electrons. The molecule has 35 heavy (non-hydrogen) atoms. The first-order valence-electron chi connectivity index (χ1n) is 11.0. The molecule has 4 aromatic rings. The number of carboxylic acids is 1. The van der Waals surface area contributed by atoms with Crippen LogP contribution in [0.4, 0.5) is 10.5 Å². The first-order valence-corrected chi connectivity index (χ1v) is 11.4. The minimum atomic E-state index is -0.934. The van der Waals surface area contributed by atoms with Crippen LogP contribution in [-0.2, 0) is 4.74 Å². The Bertz CT molecular complexity index is 1430. The van der Waals surface area contributed by atoms with Crippen LogP contribution in [0.2, 0.25) is 5.02 Å². The molecule has 4 rings (SSSR count). The molecule has 7 nitrogen and oxygen atoms in total. The van der Waals surface area contributed by atoms with Gasteiger partial charge in [0.2, 0.25) is 0 Å². The Morgan fingerprint density at radius 1 is 1.09 bits per heavy atom. The molecule has 180 valence electrons. The van der Waals surface area contributed by atoms with Gasteiger partial charge in [-0.3, -0.25) is 0 Å². The van der Waals surface area contributed by atoms with E-state index in [0.29, 0.717) is 22.7 Å². The fourth-order valence-electron chi connectivity index (χ4n) is 3.34. The number of nitrogen functional groups attached to an aromatic ring is 1. The Balaban J connectivity index is 0.000000287. The molecule has 0 saturated carbocycles. The van der Waals surface area contributed by atoms with Crippen LogP contribution in [0.15, 0.2) is 83.9 Å². The standard InChI is InChI=1S/C20H21N3O2.C7H5ClO2/c1-2-3-4-5-12-25-20(24)22-14-8-6-9-15-16-10-7-11-17(21)19(16)23-18(15)13-14;8-6-3-1-5(2-4-6)7(9)10/h2-3,6-11,13,23H,4-5,12,21H2,1H3;1-4H,(H,9,10)/b3-2+,22-14+;. The molecule has 4 N–H and O–H groups in total. The number of nitrogens with two attached hydrogens (primary N) is 1. The van der Waals surface area contributed by atoms with Gasteiger partial charge in [0.05, 0.1) is 28.7 Å². The molecule has 1 heterocycles. The first-order chi connectivity index (χ1) is 16.9. The van der Waals surface area contributed by atoms with Gasteiger partial charge in [0, 0.05) is 21.3 Å². The van der Waals surface area contributed by atoms with E-state index in [4.69, 9.17) is 27.2 Å². The molecule has 0 aliphatic carbocycles. The van der Waals surface area contributed by atoms with Gasteiger partial charge >= 0.3 is 12.1 Å². The number of nitrogens with one attached hydrogen (secondary N) is 1. The number of hydrogen-bond donors (Lipinski definition) is 3. The van der Waals surface area contributed by atoms with Gasteiger partial charge in [-0.1, -0.05) is 48.0 Å². The van der Waals surface area contributed by atoms with Crippen molar-refractivity contribution in [3.63, 3.8) is 0 Å². The van der Waals surface area contributed by atoms with Crippen LogP contribution in [0.5, 0.6) is 0 Å². The Kier molecular flexibility index (Phi) is 9.03. The molecule has 0 aliphatic heterocycles. The van der Waals surface area contributed by atoms with Gasteiger partial charge in [-0.15, -0.1) is 0 Å². The zero-order valence-electron chi connectivity index (χ0n) is 19.2. The topological polar surface area (TPSA) is 118 Å². The third-order valence-electron chi connectivity index (χ3n) is 5.05. The van der Waals surface area contributed by atoms with Crippen molar-refractivity contribution in [1.82, 2.24) is 4.98 Å². The average Bonchev–Trinajstić information content (AvgIpc) is 3.06. The predicted molar refractivity (Wildman–Crippen MR) is 140 cm³/mol. The SMILES string of the molecule is C/C=C/CCCOC(=O)/N=c1\cccc2c(c1)[nH]c1c(N)cccc12.O=C(O)c1ccc(Cl)cc1. The lowest BCUT2D eigenvalue weighted by Crippen LogP contribution is -2.07. The number of nitrogens with zero attached hydrogens (tertiary/aromatic N) is 1. The summed E-state index contributed by atoms with van der Waals surface area (Å²) in [4.78, 5) is 29.5. The number of ether oxygens (including phenoxy) is 1. The van der Waals surface area contributed by atoms with Crippen LogP contribution < -0.4 is 11.1 Å². The van der Waals surface area contributed by atoms with Crippen molar-refractivity contribution < 1.29 is 19.4 Å². The summed E-state index contributed by atoms with van der Waals surface area (Å²) in [5, 5.41) is 11.6. The summed E-state index contributed by atoms with van der Waals surface area (Å²) < 4.78 is 5.14. The van der Waals surface area contributed by atoms with Gasteiger partial charge < -0.3 is 20.6 Å². The number of aromatic nitrogens is 1. The number of carbonyl (C=O) groups excluding carboxylic acids is 1. The van der Waals surface area contributed by atoms with E-state index in [1.165, 1.54) is 12.1 Å². The average molecular weight is 492 g/mol. The Morgan fingerprint density at radius 3 is 2.51 bits per heavy atom. The number of carboxylic acid groups (broad SMARTS) is 1. The van der Waals surface area contributed by atoms with Crippen molar-refractivity contribution in [2.24, 2.45) is 4.99 Å². The van der Waals surface area contributed by atoms with Crippen LogP contribution >= 0.6 is 11.6 Å². The van der Waals surface area contributed by atoms with Crippen LogP contribution in [-0.4, -0.2) is 28.8 Å². The van der Waals surface area contributed by atoms with Crippen molar-refractivity contribution in [2.45, 2.75) is 19.8 Å². The number of hydrogen-bond acceptors (Lipinski definition) is 4. The summed E-state index contributed by atoms with van der Waals surface area (Å²) >= 11 is 5.52. The molecule has 0 saturated heterocycles. The lowest BCUT2D eigenvalue weighted by Gasteiger charge is -1.98. The number of H-pyrrole nitrogens is 1. The molecule has 1 aromatic heterocycles. The van der Waals surface area contributed by atoms with Gasteiger partial charge in [0.1, 0.15) is 0 Å². The van der Waals surface area contributed by atoms with E-state index in [2.05, 4.69) is 9.98 Å². The van der Waals surface area contributed by atoms with Crippen molar-refractivity contribution >= 4 is 51.2 Å². The number of benzene rings is 2. The van der Waals surface area contributed by atoms with E-state index in [1.54, 1.807) is 18.2 Å². The lowest BCUT2D eigenvalue weighted by atomic mass is 10.2. The minimum Gasteiger partial charge on any atom is -0.478 e. The Labute approximate surface area is 207 Å². The summed E-state index contributed by atoms with van der Waals surface area (Å²) in [6, 6.07) is 19.3. The summed E-state index contributed by atoms with van der Waals surface area (Å²) in [5.41, 5.74) is 8.73. The number of fused-ring (bicyclic) bond motifs is 3. The normalized spacial score (nSPS) is 11.4. The molecule has 0 aliphatic rings. The minimum absolute atomic E-state index is 0.254. The van der Waals surface area contributed by atoms with Crippen molar-refractivity contribution in [3.8, 4) is 0 Å². The monoisotopic (exact) mass is 491 g/mol. The number of anilines is 1. The van der Waals surface area contributed by atoms with Gasteiger partial charge in [0.25, 0.3) is 0 Å². The van der Waals surface area contributed by atoms with E-state index in [1.807, 2.05) is 55.5 Å². The highest BCUT2D eigenvalue weighted by molar-refractivity contribution is 6.30. The molecule has 0 atom stereocenters. The maximum atomic E-state index is 11.9. The highest BCUT2D eigenvalue weighted by atomic mass is 35.5. The molecule has 0 bridgehead atoms. The van der Waals surface area contributed by atoms with Crippen LogP contribution in [0.25, 0.3) is 21.8 Å². The number of aromatic amines is 1. The fraction of sp³-hybridized carbons (Fsp3) is 0.148. The van der Waals surface area contributed by atoms with Gasteiger partial charge in [0.15, 0.2) is 0 Å². The predicted octanol–water partition coefficient (Wildman–Crippen LogP) is 6.34. The number of amides is 1. The van der Waals surface area contributed by atoms with Crippen molar-refractivity contribution in [1.29, 1.82) is 0 Å². The highest BCUT2D eigenvalue weighted by Gasteiger charge is 2.05. The number of unbranched alkanes of at least 4 members (excludes halogenated alkanes) is 1. The molecule has 3 aromatic carbocycles. The smallest absolute Gasteiger partial charge is 0.434 e. The van der Waals surface area contributed by atoms with E-state index >= 15 is 0 Å². The first kappa shape index (κ1) is 25.5. The quantitative estimate of drug-likeness (QED) is 0.171. The Hall–Kier alpha value is -4.10. The maximum Gasteiger partial charge on any atom is 0.434 e. The van der Waals surface area contributed by atoms with Gasteiger partial charge in [-0.25, -0.2) is 9.59 Å². The number of halogens is 1. The van der Waals surface area contributed by atoms with Crippen LogP contribution in [0, 0.1) is 0 Å². The molecule has 0 spiro atoms. The lowest BCUT2D eigenvalue weighted by molar-refractivity contribution is 0.0697. The number of para-hydroxylation sites is 1. The number of aromatic carboxylic acids is 1. The number of rotatable bonds is 5. The van der Waals surface area contributed by atoms with E-state index < -0.39 is 12.1 Å². The summed E-state index contributed by atoms with van der Waals surface area (Å²) in [6.07, 6.45) is 5.13. The second kappa shape index (κ2) is 12.4. The summed E-state index contributed by atoms with van der Waals surface area (Å²) in [6.45, 7) is 2.33. The largest absolute Gasteiger partial charge is 0.478 e. The second-order valence-corrected chi connectivity index (χ2v) is 8.00. The second-order valence-electron chi connectivity index (χ2n) is 7.57. The molecule has 1 amide bonds. The molecule has 8 heteroatoms. The van der Waals surface area contributed by atoms with Gasteiger partial charge in [-0.05, 0) is 62.2 Å².